The molecule has 0 heterocycles. The number of aliphatic hydroxyl groups excluding tert-OH is 2. The van der Waals surface area contributed by atoms with Crippen LogP contribution >= 0.6 is 11.6 Å². The van der Waals surface area contributed by atoms with Gasteiger partial charge < -0.3 is 15.1 Å². The Labute approximate surface area is 134 Å². The number of carbonyl (C=O) groups excluding carboxylic acids is 1. The monoisotopic (exact) mass is 319 g/mol. The van der Waals surface area contributed by atoms with Gasteiger partial charge in [-0.2, -0.15) is 0 Å². The predicted octanol–water partition coefficient (Wildman–Crippen LogP) is 2.39. The zero-order valence-electron chi connectivity index (χ0n) is 12.0. The van der Waals surface area contributed by atoms with Crippen LogP contribution in [0.25, 0.3) is 0 Å². The quantitative estimate of drug-likeness (QED) is 0.859. The molecule has 0 aliphatic carbocycles. The fourth-order valence-corrected chi connectivity index (χ4v) is 2.43. The number of aliphatic hydroxyl groups is 2. The van der Waals surface area contributed by atoms with E-state index in [1.165, 1.54) is 4.90 Å². The molecule has 0 aliphatic rings. The average Bonchev–Trinajstić information content (AvgIpc) is 2.54. The molecule has 4 nitrogen and oxygen atoms in total. The molecule has 2 N–H and O–H groups in total. The van der Waals surface area contributed by atoms with Crippen molar-refractivity contribution >= 4 is 17.5 Å². The third-order valence-corrected chi connectivity index (χ3v) is 3.68. The van der Waals surface area contributed by atoms with E-state index in [0.29, 0.717) is 17.1 Å². The molecule has 0 saturated carbocycles. The maximum Gasteiger partial charge on any atom is 0.256 e. The molecule has 2 rings (SSSR count). The first-order valence-electron chi connectivity index (χ1n) is 6.99. The first-order valence-corrected chi connectivity index (χ1v) is 7.37. The van der Waals surface area contributed by atoms with Crippen LogP contribution in [0.4, 0.5) is 0 Å². The average molecular weight is 320 g/mol. The minimum atomic E-state index is -1.34. The molecule has 22 heavy (non-hydrogen) atoms. The van der Waals surface area contributed by atoms with Gasteiger partial charge in [0.25, 0.3) is 5.91 Å². The van der Waals surface area contributed by atoms with E-state index in [1.807, 2.05) is 30.3 Å². The molecular formula is C17H18ClNO3. The van der Waals surface area contributed by atoms with Crippen LogP contribution in [0.15, 0.2) is 54.6 Å². The molecule has 0 fully saturated rings. The van der Waals surface area contributed by atoms with Crippen molar-refractivity contribution in [1.82, 2.24) is 4.90 Å². The molecule has 1 amide bonds. The molecule has 0 saturated heterocycles. The minimum absolute atomic E-state index is 0.148. The second-order valence-electron chi connectivity index (χ2n) is 4.89. The van der Waals surface area contributed by atoms with Crippen LogP contribution in [-0.4, -0.2) is 34.2 Å². The molecule has 0 bridgehead atoms. The summed E-state index contributed by atoms with van der Waals surface area (Å²) >= 11 is 6.03. The number of carbonyl (C=O) groups is 1. The van der Waals surface area contributed by atoms with Crippen molar-refractivity contribution in [2.24, 2.45) is 0 Å². The highest BCUT2D eigenvalue weighted by molar-refractivity contribution is 6.31. The van der Waals surface area contributed by atoms with E-state index >= 15 is 0 Å². The van der Waals surface area contributed by atoms with Crippen molar-refractivity contribution in [2.75, 3.05) is 13.2 Å². The third kappa shape index (κ3) is 4.07. The topological polar surface area (TPSA) is 60.8 Å². The van der Waals surface area contributed by atoms with Crippen LogP contribution in [-0.2, 0) is 11.3 Å². The predicted molar refractivity (Wildman–Crippen MR) is 85.4 cm³/mol. The van der Waals surface area contributed by atoms with E-state index in [-0.39, 0.29) is 13.2 Å². The molecule has 2 aromatic carbocycles. The summed E-state index contributed by atoms with van der Waals surface area (Å²) in [7, 11) is 0. The van der Waals surface area contributed by atoms with Crippen molar-refractivity contribution in [3.63, 3.8) is 0 Å². The van der Waals surface area contributed by atoms with Gasteiger partial charge in [0.05, 0.1) is 6.61 Å². The Balaban J connectivity index is 2.17. The standard InChI is InChI=1S/C17H18ClNO3/c18-15-9-5-4-8-14(15)16(21)17(22)19(10-11-20)12-13-6-2-1-3-7-13/h1-9,16,20-21H,10-12H2/t16-/m1/s1. The van der Waals surface area contributed by atoms with Crippen molar-refractivity contribution in [2.45, 2.75) is 12.6 Å². The third-order valence-electron chi connectivity index (χ3n) is 3.33. The Bertz CT molecular complexity index is 618. The van der Waals surface area contributed by atoms with Gasteiger partial charge in [0.2, 0.25) is 0 Å². The molecule has 2 aromatic rings. The van der Waals surface area contributed by atoms with E-state index in [9.17, 15) is 9.90 Å². The SMILES string of the molecule is O=C([C@H](O)c1ccccc1Cl)N(CCO)Cc1ccccc1. The van der Waals surface area contributed by atoms with Gasteiger partial charge in [0.1, 0.15) is 0 Å². The van der Waals surface area contributed by atoms with Gasteiger partial charge in [-0.15, -0.1) is 0 Å². The van der Waals surface area contributed by atoms with Crippen LogP contribution in [0, 0.1) is 0 Å². The van der Waals surface area contributed by atoms with Gasteiger partial charge in [-0.25, -0.2) is 0 Å². The molecular weight excluding hydrogens is 302 g/mol. The van der Waals surface area contributed by atoms with Crippen LogP contribution < -0.4 is 0 Å². The number of nitrogens with zero attached hydrogens (tertiary/aromatic N) is 1. The van der Waals surface area contributed by atoms with Gasteiger partial charge >= 0.3 is 0 Å². The normalized spacial score (nSPS) is 12.0. The van der Waals surface area contributed by atoms with E-state index in [1.54, 1.807) is 24.3 Å². The lowest BCUT2D eigenvalue weighted by atomic mass is 10.1. The molecule has 0 aliphatic heterocycles. The van der Waals surface area contributed by atoms with Gasteiger partial charge in [-0.05, 0) is 11.6 Å². The second-order valence-corrected chi connectivity index (χ2v) is 5.30. The molecule has 1 atom stereocenters. The van der Waals surface area contributed by atoms with E-state index in [4.69, 9.17) is 16.7 Å². The highest BCUT2D eigenvalue weighted by atomic mass is 35.5. The number of amides is 1. The van der Waals surface area contributed by atoms with Crippen molar-refractivity contribution < 1.29 is 15.0 Å². The van der Waals surface area contributed by atoms with Crippen molar-refractivity contribution in [1.29, 1.82) is 0 Å². The van der Waals surface area contributed by atoms with Gasteiger partial charge in [0.15, 0.2) is 6.10 Å². The van der Waals surface area contributed by atoms with Gasteiger partial charge in [0, 0.05) is 23.7 Å². The minimum Gasteiger partial charge on any atom is -0.395 e. The number of rotatable bonds is 6. The van der Waals surface area contributed by atoms with E-state index in [0.717, 1.165) is 5.56 Å². The summed E-state index contributed by atoms with van der Waals surface area (Å²) in [5, 5.41) is 19.8. The summed E-state index contributed by atoms with van der Waals surface area (Å²) in [6.45, 7) is 0.296. The van der Waals surface area contributed by atoms with E-state index < -0.39 is 12.0 Å². The fourth-order valence-electron chi connectivity index (χ4n) is 2.19. The van der Waals surface area contributed by atoms with E-state index in [2.05, 4.69) is 0 Å². The zero-order valence-corrected chi connectivity index (χ0v) is 12.8. The summed E-state index contributed by atoms with van der Waals surface area (Å²) in [6.07, 6.45) is -1.34. The van der Waals surface area contributed by atoms with Crippen LogP contribution in [0.3, 0.4) is 0 Å². The Kier molecular flexibility index (Phi) is 5.95. The number of halogens is 1. The van der Waals surface area contributed by atoms with Crippen molar-refractivity contribution in [3.05, 3.63) is 70.7 Å². The lowest BCUT2D eigenvalue weighted by Crippen LogP contribution is -2.36. The van der Waals surface area contributed by atoms with Gasteiger partial charge in [-0.1, -0.05) is 60.1 Å². The molecule has 0 aromatic heterocycles. The summed E-state index contributed by atoms with van der Waals surface area (Å²) in [6, 6.07) is 16.1. The lowest BCUT2D eigenvalue weighted by Gasteiger charge is -2.25. The maximum absolute atomic E-state index is 12.5. The van der Waals surface area contributed by atoms with Crippen molar-refractivity contribution in [3.8, 4) is 0 Å². The van der Waals surface area contributed by atoms with Crippen LogP contribution in [0.1, 0.15) is 17.2 Å². The molecule has 0 unspecified atom stereocenters. The summed E-state index contributed by atoms with van der Waals surface area (Å²) in [5.41, 5.74) is 1.29. The molecule has 0 spiro atoms. The highest BCUT2D eigenvalue weighted by Gasteiger charge is 2.25. The number of hydrogen-bond donors (Lipinski definition) is 2. The number of hydrogen-bond acceptors (Lipinski definition) is 3. The largest absolute Gasteiger partial charge is 0.395 e. The first-order chi connectivity index (χ1) is 10.6. The summed E-state index contributed by atoms with van der Waals surface area (Å²) < 4.78 is 0. The maximum atomic E-state index is 12.5. The first kappa shape index (κ1) is 16.5. The second kappa shape index (κ2) is 7.94. The fraction of sp³-hybridized carbons (Fsp3) is 0.235. The highest BCUT2D eigenvalue weighted by Crippen LogP contribution is 2.24. The van der Waals surface area contributed by atoms with Crippen LogP contribution in [0.5, 0.6) is 0 Å². The Morgan fingerprint density at radius 1 is 1.09 bits per heavy atom. The molecule has 5 heteroatoms. The van der Waals surface area contributed by atoms with Gasteiger partial charge in [-0.3, -0.25) is 4.79 Å². The lowest BCUT2D eigenvalue weighted by molar-refractivity contribution is -0.141. The summed E-state index contributed by atoms with van der Waals surface area (Å²) in [4.78, 5) is 13.9. The number of benzene rings is 2. The Morgan fingerprint density at radius 2 is 1.73 bits per heavy atom. The Morgan fingerprint density at radius 3 is 2.36 bits per heavy atom. The molecule has 116 valence electrons. The Hall–Kier alpha value is -1.88. The van der Waals surface area contributed by atoms with Crippen LogP contribution in [0.2, 0.25) is 5.02 Å². The smallest absolute Gasteiger partial charge is 0.256 e. The molecule has 0 radical (unpaired) electrons. The summed E-state index contributed by atoms with van der Waals surface area (Å²) in [5.74, 6) is -0.481. The zero-order chi connectivity index (χ0) is 15.9.